The quantitative estimate of drug-likeness (QED) is 0.835. The van der Waals surface area contributed by atoms with Crippen LogP contribution >= 0.6 is 0 Å². The number of aryl methyl sites for hydroxylation is 2. The summed E-state index contributed by atoms with van der Waals surface area (Å²) in [4.78, 5) is 0. The van der Waals surface area contributed by atoms with Crippen LogP contribution in [0.15, 0.2) is 18.2 Å². The average molecular weight is 246 g/mol. The highest BCUT2D eigenvalue weighted by molar-refractivity contribution is 5.31. The minimum Gasteiger partial charge on any atom is -0.390 e. The summed E-state index contributed by atoms with van der Waals surface area (Å²) in [5, 5.41) is 10.9. The van der Waals surface area contributed by atoms with Crippen LogP contribution in [0, 0.1) is 25.7 Å². The standard InChI is InChI=1S/C17H26O/c1-12-5-6-15(4)16(8-12)11-17(18)9-13(2)7-14(3)10-17/h5-6,8,13-14,18H,7,9-11H2,1-4H3. The van der Waals surface area contributed by atoms with Crippen LogP contribution in [0.5, 0.6) is 0 Å². The second-order valence-electron chi connectivity index (χ2n) is 6.69. The molecule has 1 aromatic carbocycles. The van der Waals surface area contributed by atoms with Gasteiger partial charge >= 0.3 is 0 Å². The molecule has 18 heavy (non-hydrogen) atoms. The van der Waals surface area contributed by atoms with E-state index in [1.54, 1.807) is 0 Å². The van der Waals surface area contributed by atoms with E-state index in [0.717, 1.165) is 19.3 Å². The van der Waals surface area contributed by atoms with Crippen LogP contribution in [0.3, 0.4) is 0 Å². The average Bonchev–Trinajstić information content (AvgIpc) is 2.21. The minimum absolute atomic E-state index is 0.490. The highest BCUT2D eigenvalue weighted by Gasteiger charge is 2.36. The van der Waals surface area contributed by atoms with Gasteiger partial charge in [0.2, 0.25) is 0 Å². The van der Waals surface area contributed by atoms with Gasteiger partial charge in [0, 0.05) is 6.42 Å². The zero-order valence-electron chi connectivity index (χ0n) is 12.2. The Morgan fingerprint density at radius 3 is 2.39 bits per heavy atom. The maximum absolute atomic E-state index is 10.9. The number of aliphatic hydroxyl groups is 1. The van der Waals surface area contributed by atoms with E-state index in [2.05, 4.69) is 45.9 Å². The first kappa shape index (κ1) is 13.6. The van der Waals surface area contributed by atoms with Crippen LogP contribution in [-0.4, -0.2) is 10.7 Å². The van der Waals surface area contributed by atoms with Crippen molar-refractivity contribution in [2.75, 3.05) is 0 Å². The molecule has 0 aromatic heterocycles. The second kappa shape index (κ2) is 5.05. The molecule has 0 bridgehead atoms. The third-order valence-corrected chi connectivity index (χ3v) is 4.29. The molecule has 2 atom stereocenters. The molecule has 2 unspecified atom stereocenters. The largest absolute Gasteiger partial charge is 0.390 e. The number of hydrogen-bond acceptors (Lipinski definition) is 1. The summed E-state index contributed by atoms with van der Waals surface area (Å²) < 4.78 is 0. The molecule has 100 valence electrons. The molecule has 1 fully saturated rings. The normalized spacial score (nSPS) is 32.5. The molecule has 2 rings (SSSR count). The van der Waals surface area contributed by atoms with Crippen LogP contribution in [-0.2, 0) is 6.42 Å². The molecular formula is C17H26O. The van der Waals surface area contributed by atoms with Crippen molar-refractivity contribution in [2.45, 2.75) is 59.0 Å². The molecule has 1 aliphatic carbocycles. The maximum atomic E-state index is 10.9. The SMILES string of the molecule is Cc1ccc(C)c(CC2(O)CC(C)CC(C)C2)c1. The monoisotopic (exact) mass is 246 g/mol. The fraction of sp³-hybridized carbons (Fsp3) is 0.647. The van der Waals surface area contributed by atoms with Gasteiger partial charge in [-0.05, 0) is 56.1 Å². The lowest BCUT2D eigenvalue weighted by atomic mass is 9.71. The fourth-order valence-electron chi connectivity index (χ4n) is 3.72. The molecule has 1 aromatic rings. The van der Waals surface area contributed by atoms with Gasteiger partial charge in [0.1, 0.15) is 0 Å². The highest BCUT2D eigenvalue weighted by atomic mass is 16.3. The van der Waals surface area contributed by atoms with Crippen LogP contribution in [0.2, 0.25) is 0 Å². The lowest BCUT2D eigenvalue weighted by Crippen LogP contribution is -2.40. The first-order valence-electron chi connectivity index (χ1n) is 7.16. The molecule has 0 amide bonds. The lowest BCUT2D eigenvalue weighted by molar-refractivity contribution is -0.0305. The van der Waals surface area contributed by atoms with Crippen molar-refractivity contribution < 1.29 is 5.11 Å². The topological polar surface area (TPSA) is 20.2 Å². The zero-order valence-corrected chi connectivity index (χ0v) is 12.2. The van der Waals surface area contributed by atoms with E-state index in [4.69, 9.17) is 0 Å². The van der Waals surface area contributed by atoms with Gasteiger partial charge in [-0.1, -0.05) is 37.6 Å². The van der Waals surface area contributed by atoms with E-state index in [9.17, 15) is 5.11 Å². The van der Waals surface area contributed by atoms with E-state index < -0.39 is 5.60 Å². The molecule has 0 radical (unpaired) electrons. The molecule has 0 heterocycles. The second-order valence-corrected chi connectivity index (χ2v) is 6.69. The Hall–Kier alpha value is -0.820. The third kappa shape index (κ3) is 3.14. The van der Waals surface area contributed by atoms with Crippen molar-refractivity contribution >= 4 is 0 Å². The summed E-state index contributed by atoms with van der Waals surface area (Å²) in [6.45, 7) is 8.81. The zero-order chi connectivity index (χ0) is 13.3. The van der Waals surface area contributed by atoms with Crippen LogP contribution in [0.4, 0.5) is 0 Å². The first-order valence-corrected chi connectivity index (χ1v) is 7.16. The van der Waals surface area contributed by atoms with E-state index in [0.29, 0.717) is 11.8 Å². The molecule has 1 saturated carbocycles. The third-order valence-electron chi connectivity index (χ3n) is 4.29. The van der Waals surface area contributed by atoms with Crippen LogP contribution in [0.25, 0.3) is 0 Å². The van der Waals surface area contributed by atoms with E-state index >= 15 is 0 Å². The number of benzene rings is 1. The van der Waals surface area contributed by atoms with Crippen LogP contribution in [0.1, 0.15) is 49.8 Å². The summed E-state index contributed by atoms with van der Waals surface area (Å²) >= 11 is 0. The van der Waals surface area contributed by atoms with Gasteiger partial charge in [0.05, 0.1) is 5.60 Å². The summed E-state index contributed by atoms with van der Waals surface area (Å²) in [5.74, 6) is 1.28. The fourth-order valence-corrected chi connectivity index (χ4v) is 3.72. The molecule has 0 saturated heterocycles. The Kier molecular flexibility index (Phi) is 3.82. The smallest absolute Gasteiger partial charge is 0.0693 e. The van der Waals surface area contributed by atoms with E-state index in [-0.39, 0.29) is 0 Å². The summed E-state index contributed by atoms with van der Waals surface area (Å²) in [6, 6.07) is 6.55. The molecule has 1 heteroatoms. The predicted molar refractivity (Wildman–Crippen MR) is 76.7 cm³/mol. The van der Waals surface area contributed by atoms with Gasteiger partial charge in [0.25, 0.3) is 0 Å². The van der Waals surface area contributed by atoms with E-state index in [1.807, 2.05) is 0 Å². The Bertz CT molecular complexity index is 412. The molecule has 1 nitrogen and oxygen atoms in total. The van der Waals surface area contributed by atoms with Crippen molar-refractivity contribution in [1.29, 1.82) is 0 Å². The number of hydrogen-bond donors (Lipinski definition) is 1. The van der Waals surface area contributed by atoms with Gasteiger partial charge in [-0.15, -0.1) is 0 Å². The molecule has 0 aliphatic heterocycles. The van der Waals surface area contributed by atoms with Crippen molar-refractivity contribution in [3.05, 3.63) is 34.9 Å². The Balaban J connectivity index is 2.18. The number of rotatable bonds is 2. The van der Waals surface area contributed by atoms with Gasteiger partial charge < -0.3 is 5.11 Å². The Morgan fingerprint density at radius 1 is 1.17 bits per heavy atom. The van der Waals surface area contributed by atoms with Gasteiger partial charge in [-0.25, -0.2) is 0 Å². The van der Waals surface area contributed by atoms with Gasteiger partial charge in [-0.2, -0.15) is 0 Å². The van der Waals surface area contributed by atoms with Crippen molar-refractivity contribution in [3.8, 4) is 0 Å². The molecule has 0 spiro atoms. The van der Waals surface area contributed by atoms with Crippen molar-refractivity contribution in [1.82, 2.24) is 0 Å². The van der Waals surface area contributed by atoms with Crippen molar-refractivity contribution in [3.63, 3.8) is 0 Å². The first-order chi connectivity index (χ1) is 8.38. The summed E-state index contributed by atoms with van der Waals surface area (Å²) in [5.41, 5.74) is 3.42. The summed E-state index contributed by atoms with van der Waals surface area (Å²) in [6.07, 6.45) is 3.97. The predicted octanol–water partition coefficient (Wildman–Crippen LogP) is 4.03. The van der Waals surface area contributed by atoms with Gasteiger partial charge in [0.15, 0.2) is 0 Å². The lowest BCUT2D eigenvalue weighted by Gasteiger charge is -2.39. The van der Waals surface area contributed by atoms with Crippen molar-refractivity contribution in [2.24, 2.45) is 11.8 Å². The van der Waals surface area contributed by atoms with E-state index in [1.165, 1.54) is 23.1 Å². The Morgan fingerprint density at radius 2 is 1.78 bits per heavy atom. The Labute approximate surface area is 111 Å². The molecule has 1 aliphatic rings. The summed E-state index contributed by atoms with van der Waals surface area (Å²) in [7, 11) is 0. The molecular weight excluding hydrogens is 220 g/mol. The van der Waals surface area contributed by atoms with Gasteiger partial charge in [-0.3, -0.25) is 0 Å². The molecule has 1 N–H and O–H groups in total. The van der Waals surface area contributed by atoms with Crippen LogP contribution < -0.4 is 0 Å². The minimum atomic E-state index is -0.490. The highest BCUT2D eigenvalue weighted by Crippen LogP contribution is 2.38. The maximum Gasteiger partial charge on any atom is 0.0693 e.